The molecule has 2 atom stereocenters. The molecular formula is C20H33N3O. The van der Waals surface area contributed by atoms with E-state index in [-0.39, 0.29) is 0 Å². The second-order valence-corrected chi connectivity index (χ2v) is 7.96. The Hall–Kier alpha value is -0.940. The summed E-state index contributed by atoms with van der Waals surface area (Å²) >= 11 is 0. The Kier molecular flexibility index (Phi) is 6.28. The predicted molar refractivity (Wildman–Crippen MR) is 98.8 cm³/mol. The topological polar surface area (TPSA) is 30.0 Å². The quantitative estimate of drug-likeness (QED) is 0.826. The third kappa shape index (κ3) is 4.79. The molecule has 2 saturated heterocycles. The number of aliphatic hydroxyl groups excluding tert-OH is 1. The molecule has 2 fully saturated rings. The largest absolute Gasteiger partial charge is 0.396 e. The van der Waals surface area contributed by atoms with Gasteiger partial charge in [0.05, 0.1) is 0 Å². The summed E-state index contributed by atoms with van der Waals surface area (Å²) < 4.78 is 0. The number of benzene rings is 1. The molecule has 0 spiro atoms. The molecule has 1 aromatic carbocycles. The van der Waals surface area contributed by atoms with Crippen molar-refractivity contribution >= 4 is 0 Å². The van der Waals surface area contributed by atoms with Crippen LogP contribution in [-0.2, 0) is 13.1 Å². The van der Waals surface area contributed by atoms with Crippen LogP contribution in [-0.4, -0.2) is 73.2 Å². The van der Waals surface area contributed by atoms with E-state index in [9.17, 15) is 5.11 Å². The van der Waals surface area contributed by atoms with E-state index >= 15 is 0 Å². The van der Waals surface area contributed by atoms with Crippen molar-refractivity contribution in [2.24, 2.45) is 11.8 Å². The van der Waals surface area contributed by atoms with Gasteiger partial charge in [0.2, 0.25) is 0 Å². The Morgan fingerprint density at radius 1 is 1.04 bits per heavy atom. The summed E-state index contributed by atoms with van der Waals surface area (Å²) in [6.07, 6.45) is 2.69. The molecule has 134 valence electrons. The Morgan fingerprint density at radius 2 is 1.75 bits per heavy atom. The molecule has 24 heavy (non-hydrogen) atoms. The van der Waals surface area contributed by atoms with Crippen LogP contribution >= 0.6 is 0 Å². The summed E-state index contributed by atoms with van der Waals surface area (Å²) in [4.78, 5) is 7.34. The van der Waals surface area contributed by atoms with Crippen LogP contribution < -0.4 is 0 Å². The lowest BCUT2D eigenvalue weighted by Gasteiger charge is -2.23. The number of likely N-dealkylation sites (tertiary alicyclic amines) is 2. The molecule has 2 aliphatic heterocycles. The lowest BCUT2D eigenvalue weighted by atomic mass is 9.96. The molecular weight excluding hydrogens is 298 g/mol. The average Bonchev–Trinajstić information content (AvgIpc) is 3.17. The highest BCUT2D eigenvalue weighted by Gasteiger charge is 2.33. The molecule has 0 amide bonds. The lowest BCUT2D eigenvalue weighted by Crippen LogP contribution is -2.31. The fourth-order valence-electron chi connectivity index (χ4n) is 4.33. The maximum atomic E-state index is 9.79. The maximum Gasteiger partial charge on any atom is 0.0475 e. The van der Waals surface area contributed by atoms with Crippen LogP contribution in [0.2, 0.25) is 0 Å². The highest BCUT2D eigenvalue weighted by Crippen LogP contribution is 2.27. The molecule has 0 bridgehead atoms. The number of hydrogen-bond acceptors (Lipinski definition) is 4. The minimum Gasteiger partial charge on any atom is -0.396 e. The molecule has 4 nitrogen and oxygen atoms in total. The third-order valence-electron chi connectivity index (χ3n) is 5.47. The second kappa shape index (κ2) is 8.43. The fraction of sp³-hybridized carbons (Fsp3) is 0.700. The van der Waals surface area contributed by atoms with Gasteiger partial charge in [0, 0.05) is 39.3 Å². The molecule has 3 rings (SSSR count). The predicted octanol–water partition coefficient (Wildman–Crippen LogP) is 1.88. The van der Waals surface area contributed by atoms with E-state index in [0.717, 1.165) is 26.2 Å². The highest BCUT2D eigenvalue weighted by molar-refractivity contribution is 5.23. The van der Waals surface area contributed by atoms with Crippen LogP contribution in [0.25, 0.3) is 0 Å². The monoisotopic (exact) mass is 331 g/mol. The van der Waals surface area contributed by atoms with Gasteiger partial charge in [0.15, 0.2) is 0 Å². The zero-order chi connectivity index (χ0) is 16.9. The van der Waals surface area contributed by atoms with E-state index in [1.54, 1.807) is 0 Å². The Morgan fingerprint density at radius 3 is 2.46 bits per heavy atom. The van der Waals surface area contributed by atoms with Crippen LogP contribution in [0.15, 0.2) is 24.3 Å². The first-order valence-corrected chi connectivity index (χ1v) is 9.42. The zero-order valence-electron chi connectivity index (χ0n) is 15.3. The molecule has 2 heterocycles. The Labute approximate surface area is 147 Å². The average molecular weight is 332 g/mol. The van der Waals surface area contributed by atoms with Crippen molar-refractivity contribution in [3.05, 3.63) is 35.4 Å². The van der Waals surface area contributed by atoms with Crippen LogP contribution in [0, 0.1) is 11.8 Å². The molecule has 0 aliphatic carbocycles. The standard InChI is InChI=1S/C20H33N3O/c1-21(2)11-17-6-5-7-18(10-17)12-23-14-19(20(15-23)16-24)13-22-8-3-4-9-22/h5-7,10,19-20,24H,3-4,8-9,11-16H2,1-2H3/t19-,20-/m1/s1. The summed E-state index contributed by atoms with van der Waals surface area (Å²) in [5.74, 6) is 1.06. The summed E-state index contributed by atoms with van der Waals surface area (Å²) in [5.41, 5.74) is 2.77. The summed E-state index contributed by atoms with van der Waals surface area (Å²) in [5, 5.41) is 9.79. The van der Waals surface area contributed by atoms with Gasteiger partial charge >= 0.3 is 0 Å². The van der Waals surface area contributed by atoms with Gasteiger partial charge in [0.25, 0.3) is 0 Å². The smallest absolute Gasteiger partial charge is 0.0475 e. The number of rotatable bonds is 7. The Balaban J connectivity index is 1.57. The minimum atomic E-state index is 0.329. The normalized spacial score (nSPS) is 25.8. The number of hydrogen-bond donors (Lipinski definition) is 1. The maximum absolute atomic E-state index is 9.79. The van der Waals surface area contributed by atoms with E-state index < -0.39 is 0 Å². The van der Waals surface area contributed by atoms with Gasteiger partial charge in [-0.15, -0.1) is 0 Å². The molecule has 0 saturated carbocycles. The van der Waals surface area contributed by atoms with E-state index in [1.165, 1.54) is 43.6 Å². The zero-order valence-corrected chi connectivity index (χ0v) is 15.3. The van der Waals surface area contributed by atoms with Crippen molar-refractivity contribution in [2.75, 3.05) is 53.4 Å². The van der Waals surface area contributed by atoms with Crippen LogP contribution in [0.1, 0.15) is 24.0 Å². The lowest BCUT2D eigenvalue weighted by molar-refractivity contribution is 0.175. The molecule has 1 N–H and O–H groups in total. The molecule has 1 aromatic rings. The van der Waals surface area contributed by atoms with Crippen LogP contribution in [0.4, 0.5) is 0 Å². The van der Waals surface area contributed by atoms with Gasteiger partial charge in [-0.2, -0.15) is 0 Å². The van der Waals surface area contributed by atoms with Crippen molar-refractivity contribution in [1.82, 2.24) is 14.7 Å². The van der Waals surface area contributed by atoms with Gasteiger partial charge < -0.3 is 14.9 Å². The number of nitrogens with zero attached hydrogens (tertiary/aromatic N) is 3. The van der Waals surface area contributed by atoms with Crippen molar-refractivity contribution in [3.8, 4) is 0 Å². The van der Waals surface area contributed by atoms with Crippen molar-refractivity contribution in [3.63, 3.8) is 0 Å². The summed E-state index contributed by atoms with van der Waals surface area (Å²) in [6.45, 7) is 8.16. The van der Waals surface area contributed by atoms with Gasteiger partial charge in [-0.3, -0.25) is 4.90 Å². The fourth-order valence-corrected chi connectivity index (χ4v) is 4.33. The summed E-state index contributed by atoms with van der Waals surface area (Å²) in [6, 6.07) is 8.96. The SMILES string of the molecule is CN(C)Cc1cccc(CN2C[C@@H](CN3CCCC3)[C@@H](CO)C2)c1. The minimum absolute atomic E-state index is 0.329. The highest BCUT2D eigenvalue weighted by atomic mass is 16.3. The van der Waals surface area contributed by atoms with E-state index in [2.05, 4.69) is 53.1 Å². The van der Waals surface area contributed by atoms with Crippen molar-refractivity contribution in [2.45, 2.75) is 25.9 Å². The van der Waals surface area contributed by atoms with Crippen molar-refractivity contribution < 1.29 is 5.11 Å². The van der Waals surface area contributed by atoms with Gasteiger partial charge in [-0.1, -0.05) is 24.3 Å². The summed E-state index contributed by atoms with van der Waals surface area (Å²) in [7, 11) is 4.23. The second-order valence-electron chi connectivity index (χ2n) is 7.96. The van der Waals surface area contributed by atoms with E-state index in [1.807, 2.05) is 0 Å². The molecule has 0 radical (unpaired) electrons. The van der Waals surface area contributed by atoms with Crippen molar-refractivity contribution in [1.29, 1.82) is 0 Å². The first kappa shape index (κ1) is 17.9. The van der Waals surface area contributed by atoms with E-state index in [0.29, 0.717) is 18.4 Å². The molecule has 4 heteroatoms. The molecule has 2 aliphatic rings. The Bertz CT molecular complexity index is 513. The van der Waals surface area contributed by atoms with Gasteiger partial charge in [-0.25, -0.2) is 0 Å². The molecule has 0 aromatic heterocycles. The number of aliphatic hydroxyl groups is 1. The van der Waals surface area contributed by atoms with Crippen LogP contribution in [0.3, 0.4) is 0 Å². The first-order chi connectivity index (χ1) is 11.6. The molecule has 0 unspecified atom stereocenters. The third-order valence-corrected chi connectivity index (χ3v) is 5.47. The van der Waals surface area contributed by atoms with E-state index in [4.69, 9.17) is 0 Å². The first-order valence-electron chi connectivity index (χ1n) is 9.42. The van der Waals surface area contributed by atoms with Crippen LogP contribution in [0.5, 0.6) is 0 Å². The van der Waals surface area contributed by atoms with Gasteiger partial charge in [-0.05, 0) is 63.0 Å². The van der Waals surface area contributed by atoms with Gasteiger partial charge in [0.1, 0.15) is 0 Å².